The van der Waals surface area contributed by atoms with Crippen LogP contribution in [-0.4, -0.2) is 0 Å². The van der Waals surface area contributed by atoms with E-state index in [2.05, 4.69) is 49.4 Å². The highest BCUT2D eigenvalue weighted by Gasteiger charge is 2.13. The van der Waals surface area contributed by atoms with E-state index in [9.17, 15) is 0 Å². The quantitative estimate of drug-likeness (QED) is 0.622. The highest BCUT2D eigenvalue weighted by Crippen LogP contribution is 2.27. The van der Waals surface area contributed by atoms with Crippen LogP contribution in [-0.2, 0) is 6.42 Å². The second-order valence-corrected chi connectivity index (χ2v) is 5.52. The molecule has 17 heavy (non-hydrogen) atoms. The van der Waals surface area contributed by atoms with E-state index in [0.29, 0.717) is 0 Å². The van der Waals surface area contributed by atoms with Gasteiger partial charge in [-0.2, -0.15) is 0 Å². The molecule has 0 spiro atoms. The van der Waals surface area contributed by atoms with E-state index in [1.807, 2.05) is 0 Å². The Morgan fingerprint density at radius 2 is 2.00 bits per heavy atom. The summed E-state index contributed by atoms with van der Waals surface area (Å²) in [6, 6.07) is 10.9. The standard InChI is InChI=1S/C17H24/c1-15(14-17-10-6-3-7-11-17)12-13-16-8-4-2-5-9-16/h2-6,8-9,15,17H,7,10-14H2,1H3. The van der Waals surface area contributed by atoms with Crippen molar-refractivity contribution in [1.29, 1.82) is 0 Å². The van der Waals surface area contributed by atoms with Crippen LogP contribution >= 0.6 is 0 Å². The van der Waals surface area contributed by atoms with Crippen LogP contribution < -0.4 is 0 Å². The molecule has 1 aromatic carbocycles. The molecule has 2 atom stereocenters. The van der Waals surface area contributed by atoms with Gasteiger partial charge in [0.15, 0.2) is 0 Å². The molecule has 1 aliphatic carbocycles. The Kier molecular flexibility index (Phi) is 4.85. The van der Waals surface area contributed by atoms with Crippen molar-refractivity contribution in [3.05, 3.63) is 48.0 Å². The van der Waals surface area contributed by atoms with Crippen LogP contribution in [0.25, 0.3) is 0 Å². The van der Waals surface area contributed by atoms with Crippen molar-refractivity contribution < 1.29 is 0 Å². The first kappa shape index (κ1) is 12.4. The maximum atomic E-state index is 2.42. The van der Waals surface area contributed by atoms with E-state index in [1.165, 1.54) is 44.1 Å². The van der Waals surface area contributed by atoms with E-state index in [0.717, 1.165) is 11.8 Å². The van der Waals surface area contributed by atoms with Crippen molar-refractivity contribution in [1.82, 2.24) is 0 Å². The number of allylic oxidation sites excluding steroid dienone is 2. The Bertz CT molecular complexity index is 336. The van der Waals surface area contributed by atoms with Gasteiger partial charge in [0, 0.05) is 0 Å². The monoisotopic (exact) mass is 228 g/mol. The summed E-state index contributed by atoms with van der Waals surface area (Å²) >= 11 is 0. The molecule has 0 aliphatic heterocycles. The summed E-state index contributed by atoms with van der Waals surface area (Å²) in [5, 5.41) is 0. The lowest BCUT2D eigenvalue weighted by atomic mass is 9.84. The van der Waals surface area contributed by atoms with Gasteiger partial charge >= 0.3 is 0 Å². The third-order valence-corrected chi connectivity index (χ3v) is 3.88. The Labute approximate surface area is 106 Å². The fourth-order valence-corrected chi connectivity index (χ4v) is 2.82. The third-order valence-electron chi connectivity index (χ3n) is 3.88. The summed E-state index contributed by atoms with van der Waals surface area (Å²) in [5.41, 5.74) is 1.49. The van der Waals surface area contributed by atoms with Gasteiger partial charge in [0.2, 0.25) is 0 Å². The number of rotatable bonds is 5. The first-order valence-corrected chi connectivity index (χ1v) is 7.03. The fourth-order valence-electron chi connectivity index (χ4n) is 2.82. The molecule has 0 saturated heterocycles. The Morgan fingerprint density at radius 3 is 2.71 bits per heavy atom. The molecule has 0 saturated carbocycles. The second kappa shape index (κ2) is 6.64. The minimum atomic E-state index is 0.867. The van der Waals surface area contributed by atoms with Gasteiger partial charge in [-0.1, -0.05) is 49.4 Å². The molecule has 92 valence electrons. The molecule has 0 bridgehead atoms. The van der Waals surface area contributed by atoms with Gasteiger partial charge in [0.1, 0.15) is 0 Å². The van der Waals surface area contributed by atoms with Crippen molar-refractivity contribution in [2.45, 2.75) is 45.4 Å². The lowest BCUT2D eigenvalue weighted by Crippen LogP contribution is -2.08. The Hall–Kier alpha value is -1.04. The maximum Gasteiger partial charge on any atom is -0.0276 e. The molecular formula is C17H24. The largest absolute Gasteiger partial charge is 0.0885 e. The van der Waals surface area contributed by atoms with Gasteiger partial charge in [0.25, 0.3) is 0 Å². The van der Waals surface area contributed by atoms with Gasteiger partial charge in [-0.15, -0.1) is 0 Å². The average Bonchev–Trinajstić information content (AvgIpc) is 2.39. The predicted molar refractivity (Wildman–Crippen MR) is 75.0 cm³/mol. The van der Waals surface area contributed by atoms with Gasteiger partial charge < -0.3 is 0 Å². The molecule has 0 fully saturated rings. The van der Waals surface area contributed by atoms with Crippen LogP contribution in [0, 0.1) is 11.8 Å². The minimum absolute atomic E-state index is 0.867. The predicted octanol–water partition coefficient (Wildman–Crippen LogP) is 5.00. The number of hydrogen-bond acceptors (Lipinski definition) is 0. The Morgan fingerprint density at radius 1 is 1.18 bits per heavy atom. The van der Waals surface area contributed by atoms with Crippen LogP contribution in [0.1, 0.15) is 44.6 Å². The summed E-state index contributed by atoms with van der Waals surface area (Å²) in [6.07, 6.45) is 12.7. The number of benzene rings is 1. The van der Waals surface area contributed by atoms with E-state index in [-0.39, 0.29) is 0 Å². The highest BCUT2D eigenvalue weighted by molar-refractivity contribution is 5.14. The van der Waals surface area contributed by atoms with Crippen molar-refractivity contribution >= 4 is 0 Å². The highest BCUT2D eigenvalue weighted by atomic mass is 14.2. The molecular weight excluding hydrogens is 204 g/mol. The smallest absolute Gasteiger partial charge is 0.0276 e. The molecule has 2 rings (SSSR count). The zero-order valence-electron chi connectivity index (χ0n) is 10.9. The zero-order valence-corrected chi connectivity index (χ0v) is 10.9. The van der Waals surface area contributed by atoms with Gasteiger partial charge in [0.05, 0.1) is 0 Å². The Balaban J connectivity index is 1.70. The normalized spacial score (nSPS) is 21.4. The molecule has 0 heteroatoms. The molecule has 0 aromatic heterocycles. The summed E-state index contributed by atoms with van der Waals surface area (Å²) in [7, 11) is 0. The first-order chi connectivity index (χ1) is 8.34. The van der Waals surface area contributed by atoms with Crippen LogP contribution in [0.2, 0.25) is 0 Å². The van der Waals surface area contributed by atoms with Crippen molar-refractivity contribution in [2.75, 3.05) is 0 Å². The van der Waals surface area contributed by atoms with Crippen molar-refractivity contribution in [3.8, 4) is 0 Å². The van der Waals surface area contributed by atoms with Crippen LogP contribution in [0.3, 0.4) is 0 Å². The summed E-state index contributed by atoms with van der Waals surface area (Å²) in [4.78, 5) is 0. The molecule has 0 N–H and O–H groups in total. The molecule has 0 amide bonds. The number of hydrogen-bond donors (Lipinski definition) is 0. The third kappa shape index (κ3) is 4.38. The topological polar surface area (TPSA) is 0 Å². The summed E-state index contributed by atoms with van der Waals surface area (Å²) in [5.74, 6) is 1.82. The van der Waals surface area contributed by atoms with Gasteiger partial charge in [-0.05, 0) is 55.9 Å². The maximum absolute atomic E-state index is 2.42. The summed E-state index contributed by atoms with van der Waals surface area (Å²) < 4.78 is 0. The van der Waals surface area contributed by atoms with E-state index < -0.39 is 0 Å². The molecule has 0 nitrogen and oxygen atoms in total. The molecule has 2 unspecified atom stereocenters. The lowest BCUT2D eigenvalue weighted by molar-refractivity contribution is 0.352. The van der Waals surface area contributed by atoms with Crippen LogP contribution in [0.15, 0.2) is 42.5 Å². The molecule has 0 radical (unpaired) electrons. The number of aryl methyl sites for hydroxylation is 1. The lowest BCUT2D eigenvalue weighted by Gasteiger charge is -2.21. The molecule has 1 aromatic rings. The van der Waals surface area contributed by atoms with Gasteiger partial charge in [-0.25, -0.2) is 0 Å². The SMILES string of the molecule is CC(CCc1ccccc1)CC1CC=CCC1. The van der Waals surface area contributed by atoms with Crippen LogP contribution in [0.4, 0.5) is 0 Å². The minimum Gasteiger partial charge on any atom is -0.0885 e. The fraction of sp³-hybridized carbons (Fsp3) is 0.529. The van der Waals surface area contributed by atoms with E-state index >= 15 is 0 Å². The zero-order chi connectivity index (χ0) is 11.9. The molecule has 0 heterocycles. The van der Waals surface area contributed by atoms with Crippen molar-refractivity contribution in [2.24, 2.45) is 11.8 Å². The first-order valence-electron chi connectivity index (χ1n) is 7.03. The van der Waals surface area contributed by atoms with Gasteiger partial charge in [-0.3, -0.25) is 0 Å². The van der Waals surface area contributed by atoms with E-state index in [1.54, 1.807) is 0 Å². The average molecular weight is 228 g/mol. The van der Waals surface area contributed by atoms with E-state index in [4.69, 9.17) is 0 Å². The van der Waals surface area contributed by atoms with Crippen LogP contribution in [0.5, 0.6) is 0 Å². The van der Waals surface area contributed by atoms with Crippen molar-refractivity contribution in [3.63, 3.8) is 0 Å². The second-order valence-electron chi connectivity index (χ2n) is 5.52. The summed E-state index contributed by atoms with van der Waals surface area (Å²) in [6.45, 7) is 2.42. The molecule has 1 aliphatic rings.